The number of aliphatic hydroxyl groups excluding tert-OH is 1. The maximum absolute atomic E-state index is 12.2. The zero-order chi connectivity index (χ0) is 85.6. The van der Waals surface area contributed by atoms with Gasteiger partial charge in [0.1, 0.15) is 5.78 Å². The van der Waals surface area contributed by atoms with E-state index in [9.17, 15) is 67.1 Å². The first-order chi connectivity index (χ1) is 53.4. The Hall–Kier alpha value is -7.43. The van der Waals surface area contributed by atoms with Crippen LogP contribution in [0, 0.1) is 10.8 Å². The number of carbonyl (C=O) groups excluding carboxylic acids is 13. The van der Waals surface area contributed by atoms with Crippen molar-refractivity contribution in [1.29, 1.82) is 0 Å². The number of carboxylic acids is 1. The summed E-state index contributed by atoms with van der Waals surface area (Å²) < 4.78 is 16.2. The number of ether oxygens (including phenoxy) is 1. The van der Waals surface area contributed by atoms with Gasteiger partial charge in [-0.2, -0.15) is 0 Å². The number of halogens is 1. The van der Waals surface area contributed by atoms with Crippen LogP contribution in [0.2, 0.25) is 36.3 Å². The molecule has 2 aromatic carbocycles. The molecule has 0 aromatic heterocycles. The van der Waals surface area contributed by atoms with Crippen molar-refractivity contribution in [3.63, 3.8) is 0 Å². The lowest BCUT2D eigenvalue weighted by Crippen LogP contribution is -2.44. The Morgan fingerprint density at radius 2 is 0.912 bits per heavy atom. The van der Waals surface area contributed by atoms with Crippen LogP contribution in [0.5, 0.6) is 0 Å². The number of esters is 2. The van der Waals surface area contributed by atoms with Crippen molar-refractivity contribution < 1.29 is 90.9 Å². The molecule has 0 atom stereocenters. The van der Waals surface area contributed by atoms with Crippen molar-refractivity contribution >= 4 is 115 Å². The molecule has 9 aliphatic heterocycles. The van der Waals surface area contributed by atoms with Gasteiger partial charge in [-0.15, -0.1) is 0 Å². The standard InChI is InChI=1S/C15H16N2O3.C14H23NO4.C13H27NO2Si.C8H19BrOSi.C8H5NO2.C7H14N2O.C7H13NO2.C6H8O3.C5H9NO/c18-13-7-3-4-8-16(13)9-10-17-14(19)11-5-1-2-6-12(11)15(17)20;1-14(2,13(18)19)10-11(16)6-5-9-15-8-4-3-7-12(15)17;1-13(2,3)17(4,5)16-11-10-14-9-7-6-8-12(14)15;1-8(2,3)11(4,5)10-7-6-9;10-7-5-3-1-2-4-6(5)8(11)9-7;8-4-6-9-5-2-1-3-7(9)10;9-6-5-8-4-2-1-3-7(8)10;1-6(2)3-4(7)9-5(6)8;7-5-3-1-2-4-6-5/h1-2,5-6H,3-4,7-10H2;3-10H2,1-2H3,(H,18,19);6-11H2,1-5H3;6-7H2,1-5H3;1-4H,(H,9,10,11);1-6,8H2;9H,1-6H2;3H2,1-2H3;1-4H2,(H,6,7). The first kappa shape index (κ1) is 101. The second-order valence-corrected chi connectivity index (χ2v) is 44.3. The van der Waals surface area contributed by atoms with Crippen LogP contribution >= 0.6 is 15.9 Å². The van der Waals surface area contributed by atoms with Gasteiger partial charge in [-0.3, -0.25) is 77.3 Å². The predicted molar refractivity (Wildman–Crippen MR) is 445 cm³/mol. The normalized spacial score (nSPS) is 18.2. The minimum Gasteiger partial charge on any atom is -0.481 e. The van der Waals surface area contributed by atoms with E-state index in [0.717, 1.165) is 161 Å². The van der Waals surface area contributed by atoms with Crippen molar-refractivity contribution in [3.05, 3.63) is 70.8 Å². The Labute approximate surface area is 686 Å². The number of likely N-dealkylation sites (tertiary alicyclic amines) is 5. The SMILES string of the molecule is CC(C)(C)[Si](C)(C)OCCBr.CC(C)(C)[Si](C)(C)OCCN1CCCCC1=O.CC(C)(CC(=O)CCCN1CCCCC1=O)C(=O)O.CC1(C)CC(=O)OC1=O.NCCN1CCCCC1=O.O=C1CCCCN1.O=C1CCCCN1CCN1C(=O)c2ccccc2C1=O.O=C1CCCCN1CCO.O=C1NC(=O)c2ccccc21. The predicted octanol–water partition coefficient (Wildman–Crippen LogP) is 10.9. The van der Waals surface area contributed by atoms with Crippen LogP contribution in [0.4, 0.5) is 0 Å². The summed E-state index contributed by atoms with van der Waals surface area (Å²) in [5, 5.41) is 24.0. The van der Waals surface area contributed by atoms with Crippen LogP contribution < -0.4 is 16.4 Å². The fourth-order valence-electron chi connectivity index (χ4n) is 12.2. The molecule has 0 aliphatic carbocycles. The van der Waals surface area contributed by atoms with Gasteiger partial charge in [-0.25, -0.2) is 0 Å². The van der Waals surface area contributed by atoms with Gasteiger partial charge >= 0.3 is 17.9 Å². The number of aliphatic hydroxyl groups is 1. The summed E-state index contributed by atoms with van der Waals surface area (Å²) in [7, 11) is -3.11. The molecule has 6 N–H and O–H groups in total. The first-order valence-electron chi connectivity index (χ1n) is 40.7. The summed E-state index contributed by atoms with van der Waals surface area (Å²) >= 11 is 3.37. The van der Waals surface area contributed by atoms with Crippen molar-refractivity contribution in [2.45, 2.75) is 247 Å². The van der Waals surface area contributed by atoms with Crippen molar-refractivity contribution in [3.8, 4) is 0 Å². The fraction of sp³-hybridized carbons (Fsp3) is 0.687. The average molecular weight is 1700 g/mol. The second kappa shape index (κ2) is 49.6. The van der Waals surface area contributed by atoms with Crippen molar-refractivity contribution in [2.75, 3.05) is 110 Å². The number of aliphatic carboxylic acids is 1. The number of rotatable bonds is 21. The van der Waals surface area contributed by atoms with Crippen LogP contribution in [0.1, 0.15) is 252 Å². The molecule has 640 valence electrons. The molecule has 31 heteroatoms. The van der Waals surface area contributed by atoms with E-state index < -0.39 is 45.4 Å². The maximum atomic E-state index is 12.2. The van der Waals surface area contributed by atoms with Crippen molar-refractivity contribution in [2.24, 2.45) is 16.6 Å². The quantitative estimate of drug-likeness (QED) is 0.0255. The second-order valence-electron chi connectivity index (χ2n) is 33.9. The van der Waals surface area contributed by atoms with Crippen LogP contribution in [-0.4, -0.2) is 249 Å². The lowest BCUT2D eigenvalue weighted by Gasteiger charge is -2.37. The number of β-amino-alcohol motifs (C(OH)–C–C–N with tert-alkyl or cyclic N) is 1. The molecule has 0 bridgehead atoms. The Balaban J connectivity index is 0.000000338. The van der Waals surface area contributed by atoms with E-state index in [4.69, 9.17) is 24.8 Å². The number of Topliss-reactive ketones (excluding diaryl/α,β-unsaturated/α-hetero) is 1. The molecular formula is C83H134BrN9O19Si2. The first-order valence-corrected chi connectivity index (χ1v) is 47.6. The summed E-state index contributed by atoms with van der Waals surface area (Å²) in [5.74, 6) is -1.65. The Morgan fingerprint density at radius 1 is 0.526 bits per heavy atom. The largest absolute Gasteiger partial charge is 0.481 e. The van der Waals surface area contributed by atoms with E-state index in [1.165, 1.54) is 4.90 Å². The highest BCUT2D eigenvalue weighted by atomic mass is 79.9. The molecule has 0 spiro atoms. The number of cyclic esters (lactones) is 2. The van der Waals surface area contributed by atoms with Gasteiger partial charge in [0.25, 0.3) is 23.6 Å². The number of carbonyl (C=O) groups is 14. The zero-order valence-corrected chi connectivity index (χ0v) is 74.3. The highest BCUT2D eigenvalue weighted by molar-refractivity contribution is 9.09. The number of hydrogen-bond donors (Lipinski definition) is 5. The molecular weight excluding hydrogens is 1560 g/mol. The van der Waals surface area contributed by atoms with Gasteiger partial charge in [0.15, 0.2) is 16.6 Å². The Kier molecular flexibility index (Phi) is 43.8. The molecule has 0 unspecified atom stereocenters. The summed E-state index contributed by atoms with van der Waals surface area (Å²) in [6, 6.07) is 13.6. The van der Waals surface area contributed by atoms with Gasteiger partial charge in [0.2, 0.25) is 35.4 Å². The Morgan fingerprint density at radius 3 is 1.24 bits per heavy atom. The number of hydrogen-bond acceptors (Lipinski definition) is 19. The highest BCUT2D eigenvalue weighted by Crippen LogP contribution is 2.38. The minimum atomic E-state index is -1.65. The summed E-state index contributed by atoms with van der Waals surface area (Å²) in [4.78, 5) is 168. The number of nitrogens with two attached hydrogens (primary N) is 1. The third-order valence-electron chi connectivity index (χ3n) is 21.6. The van der Waals surface area contributed by atoms with E-state index in [2.05, 4.69) is 99.0 Å². The third kappa shape index (κ3) is 35.2. The van der Waals surface area contributed by atoms with E-state index in [1.54, 1.807) is 90.9 Å². The average Bonchev–Trinajstić information content (AvgIpc) is 1.63. The van der Waals surface area contributed by atoms with E-state index in [-0.39, 0.29) is 90.0 Å². The number of amides is 10. The zero-order valence-electron chi connectivity index (χ0n) is 70.7. The number of benzene rings is 2. The number of carboxylic acid groups (broad SMARTS) is 1. The number of fused-ring (bicyclic) bond motifs is 2. The lowest BCUT2D eigenvalue weighted by molar-refractivity contribution is -0.155. The molecule has 7 fully saturated rings. The number of alkyl halides is 1. The molecule has 11 rings (SSSR count). The monoisotopic (exact) mass is 1700 g/mol. The topological polar surface area (TPSA) is 377 Å². The van der Waals surface area contributed by atoms with Crippen molar-refractivity contribution in [1.82, 2.24) is 40.0 Å². The third-order valence-corrected chi connectivity index (χ3v) is 31.0. The number of nitrogens with zero attached hydrogens (tertiary/aromatic N) is 6. The summed E-state index contributed by atoms with van der Waals surface area (Å²) in [5.41, 5.74) is 5.60. The van der Waals surface area contributed by atoms with Crippen LogP contribution in [0.15, 0.2) is 48.5 Å². The fourth-order valence-corrected chi connectivity index (χ4v) is 14.8. The van der Waals surface area contributed by atoms with Gasteiger partial charge in [0, 0.05) is 148 Å². The van der Waals surface area contributed by atoms with E-state index >= 15 is 0 Å². The van der Waals surface area contributed by atoms with E-state index in [1.807, 2.05) is 9.80 Å². The molecule has 7 saturated heterocycles. The summed E-state index contributed by atoms with van der Waals surface area (Å²) in [6.07, 6.45) is 17.9. The number of nitrogens with one attached hydrogen (secondary N) is 2. The van der Waals surface area contributed by atoms with Gasteiger partial charge in [-0.1, -0.05) is 81.7 Å². The number of imide groups is 2. The molecule has 0 saturated carbocycles. The molecule has 114 heavy (non-hydrogen) atoms. The van der Waals surface area contributed by atoms with Crippen LogP contribution in [-0.2, 0) is 61.5 Å². The van der Waals surface area contributed by atoms with Gasteiger partial charge in [0.05, 0.1) is 52.7 Å². The smallest absolute Gasteiger partial charge is 0.319 e. The summed E-state index contributed by atoms with van der Waals surface area (Å²) in [6.45, 7) is 39.7. The Bertz CT molecular complexity index is 3430. The van der Waals surface area contributed by atoms with Crippen LogP contribution in [0.25, 0.3) is 0 Å². The number of ketones is 1. The van der Waals surface area contributed by atoms with Gasteiger partial charge in [-0.05, 0) is 172 Å². The molecule has 28 nitrogen and oxygen atoms in total. The number of piperidine rings is 6. The molecule has 0 radical (unpaired) electrons. The molecule has 2 aromatic rings. The van der Waals surface area contributed by atoms with E-state index in [0.29, 0.717) is 98.1 Å². The highest BCUT2D eigenvalue weighted by Gasteiger charge is 2.42. The lowest BCUT2D eigenvalue weighted by atomic mass is 9.86. The maximum Gasteiger partial charge on any atom is 0.319 e. The van der Waals surface area contributed by atoms with Crippen LogP contribution in [0.3, 0.4) is 0 Å². The minimum absolute atomic E-state index is 0.0446. The molecule has 9 aliphatic rings. The van der Waals surface area contributed by atoms with Gasteiger partial charge < -0.3 is 59.4 Å². The molecule has 10 amide bonds. The molecule has 9 heterocycles.